The highest BCUT2D eigenvalue weighted by atomic mass is 16.2. The Morgan fingerprint density at radius 1 is 1.50 bits per heavy atom. The highest BCUT2D eigenvalue weighted by molar-refractivity contribution is 6.06. The van der Waals surface area contributed by atoms with Crippen LogP contribution >= 0.6 is 0 Å². The zero-order valence-corrected chi connectivity index (χ0v) is 10.4. The van der Waals surface area contributed by atoms with E-state index < -0.39 is 23.8 Å². The quantitative estimate of drug-likeness (QED) is 0.662. The van der Waals surface area contributed by atoms with Gasteiger partial charge in [0.25, 0.3) is 5.91 Å². The first-order chi connectivity index (χ1) is 8.40. The summed E-state index contributed by atoms with van der Waals surface area (Å²) in [6, 6.07) is 0.962. The van der Waals surface area contributed by atoms with E-state index in [4.69, 9.17) is 0 Å². The Morgan fingerprint density at radius 2 is 2.17 bits per heavy atom. The topological polar surface area (TPSA) is 84.3 Å². The Hall–Kier alpha value is -2.18. The van der Waals surface area contributed by atoms with E-state index in [1.54, 1.807) is 24.7 Å². The van der Waals surface area contributed by atoms with E-state index in [9.17, 15) is 14.4 Å². The molecule has 3 amide bonds. The summed E-state index contributed by atoms with van der Waals surface area (Å²) in [6.45, 7) is 3.28. The molecule has 1 fully saturated rings. The standard InChI is InChI=1S/C11H14N4O3/c1-6-4-8(13-14(6)3)11(18)15-5-9(16)12-10(17)7(15)2/h4,7H,5H2,1-3H3,(H,12,16,17). The number of hydrogen-bond donors (Lipinski definition) is 1. The van der Waals surface area contributed by atoms with Crippen molar-refractivity contribution in [1.29, 1.82) is 0 Å². The molecular weight excluding hydrogens is 236 g/mol. The van der Waals surface area contributed by atoms with Gasteiger partial charge >= 0.3 is 0 Å². The van der Waals surface area contributed by atoms with E-state index in [0.717, 1.165) is 5.69 Å². The van der Waals surface area contributed by atoms with Crippen LogP contribution in [0.25, 0.3) is 0 Å². The van der Waals surface area contributed by atoms with Gasteiger partial charge in [-0.15, -0.1) is 0 Å². The maximum absolute atomic E-state index is 12.2. The summed E-state index contributed by atoms with van der Waals surface area (Å²) in [5.74, 6) is -1.35. The average molecular weight is 250 g/mol. The molecule has 1 aliphatic rings. The minimum atomic E-state index is -0.669. The molecule has 0 radical (unpaired) electrons. The molecule has 7 nitrogen and oxygen atoms in total. The first-order valence-corrected chi connectivity index (χ1v) is 5.55. The van der Waals surface area contributed by atoms with Gasteiger partial charge in [-0.2, -0.15) is 5.10 Å². The second-order valence-electron chi connectivity index (χ2n) is 4.32. The molecule has 7 heteroatoms. The summed E-state index contributed by atoms with van der Waals surface area (Å²) in [5.41, 5.74) is 1.07. The number of carbonyl (C=O) groups is 3. The molecule has 1 atom stereocenters. The van der Waals surface area contributed by atoms with Crippen LogP contribution in [0.2, 0.25) is 0 Å². The van der Waals surface area contributed by atoms with Gasteiger partial charge in [-0.3, -0.25) is 24.4 Å². The van der Waals surface area contributed by atoms with Gasteiger partial charge in [0.1, 0.15) is 12.6 Å². The van der Waals surface area contributed by atoms with E-state index >= 15 is 0 Å². The maximum atomic E-state index is 12.2. The van der Waals surface area contributed by atoms with Gasteiger partial charge in [-0.25, -0.2) is 0 Å². The molecule has 2 heterocycles. The van der Waals surface area contributed by atoms with Crippen molar-refractivity contribution < 1.29 is 14.4 Å². The lowest BCUT2D eigenvalue weighted by Gasteiger charge is -2.30. The third-order valence-corrected chi connectivity index (χ3v) is 3.02. The molecule has 1 aromatic rings. The van der Waals surface area contributed by atoms with Crippen LogP contribution < -0.4 is 5.32 Å². The van der Waals surface area contributed by atoms with Gasteiger partial charge in [0, 0.05) is 12.7 Å². The van der Waals surface area contributed by atoms with Crippen LogP contribution in [0, 0.1) is 6.92 Å². The Labute approximate surface area is 104 Å². The van der Waals surface area contributed by atoms with E-state index in [1.165, 1.54) is 4.90 Å². The summed E-state index contributed by atoms with van der Waals surface area (Å²) in [4.78, 5) is 36.2. The summed E-state index contributed by atoms with van der Waals surface area (Å²) in [7, 11) is 1.73. The number of aryl methyl sites for hydroxylation is 2. The lowest BCUT2D eigenvalue weighted by molar-refractivity contribution is -0.138. The van der Waals surface area contributed by atoms with Crippen LogP contribution in [0.5, 0.6) is 0 Å². The minimum Gasteiger partial charge on any atom is -0.316 e. The van der Waals surface area contributed by atoms with Crippen molar-refractivity contribution in [2.75, 3.05) is 6.54 Å². The second kappa shape index (κ2) is 4.25. The number of rotatable bonds is 1. The molecule has 2 rings (SSSR count). The van der Waals surface area contributed by atoms with Gasteiger partial charge in [0.05, 0.1) is 0 Å². The van der Waals surface area contributed by atoms with Crippen molar-refractivity contribution in [2.24, 2.45) is 7.05 Å². The predicted molar refractivity (Wildman–Crippen MR) is 61.6 cm³/mol. The van der Waals surface area contributed by atoms with Gasteiger partial charge < -0.3 is 4.90 Å². The largest absolute Gasteiger partial charge is 0.316 e. The van der Waals surface area contributed by atoms with Crippen molar-refractivity contribution in [2.45, 2.75) is 19.9 Å². The van der Waals surface area contributed by atoms with E-state index in [0.29, 0.717) is 0 Å². The molecule has 96 valence electrons. The lowest BCUT2D eigenvalue weighted by atomic mass is 10.2. The number of amides is 3. The van der Waals surface area contributed by atoms with Crippen LogP contribution in [-0.2, 0) is 16.6 Å². The zero-order chi connectivity index (χ0) is 13.4. The Morgan fingerprint density at radius 3 is 2.72 bits per heavy atom. The first kappa shape index (κ1) is 12.3. The molecule has 0 spiro atoms. The third-order valence-electron chi connectivity index (χ3n) is 3.02. The number of nitrogens with zero attached hydrogens (tertiary/aromatic N) is 3. The zero-order valence-electron chi connectivity index (χ0n) is 10.4. The van der Waals surface area contributed by atoms with Crippen LogP contribution in [0.4, 0.5) is 0 Å². The van der Waals surface area contributed by atoms with E-state index in [-0.39, 0.29) is 12.2 Å². The number of carbonyl (C=O) groups excluding carboxylic acids is 3. The van der Waals surface area contributed by atoms with Crippen molar-refractivity contribution in [3.8, 4) is 0 Å². The molecule has 1 aliphatic heterocycles. The van der Waals surface area contributed by atoms with E-state index in [1.807, 2.05) is 6.92 Å². The van der Waals surface area contributed by atoms with Crippen LogP contribution in [0.1, 0.15) is 23.1 Å². The minimum absolute atomic E-state index is 0.124. The highest BCUT2D eigenvalue weighted by Gasteiger charge is 2.34. The van der Waals surface area contributed by atoms with Gasteiger partial charge in [0.2, 0.25) is 11.8 Å². The smallest absolute Gasteiger partial charge is 0.275 e. The number of piperazine rings is 1. The maximum Gasteiger partial charge on any atom is 0.275 e. The predicted octanol–water partition coefficient (Wildman–Crippen LogP) is -0.784. The fraction of sp³-hybridized carbons (Fsp3) is 0.455. The van der Waals surface area contributed by atoms with Crippen molar-refractivity contribution in [3.63, 3.8) is 0 Å². The fourth-order valence-electron chi connectivity index (χ4n) is 1.77. The molecular formula is C11H14N4O3. The Balaban J connectivity index is 2.27. The fourth-order valence-corrected chi connectivity index (χ4v) is 1.77. The number of hydrogen-bond acceptors (Lipinski definition) is 4. The molecule has 1 unspecified atom stereocenters. The summed E-state index contributed by atoms with van der Waals surface area (Å²) < 4.78 is 1.57. The van der Waals surface area contributed by atoms with Crippen molar-refractivity contribution in [1.82, 2.24) is 20.0 Å². The lowest BCUT2D eigenvalue weighted by Crippen LogP contribution is -2.58. The monoisotopic (exact) mass is 250 g/mol. The van der Waals surface area contributed by atoms with Crippen molar-refractivity contribution >= 4 is 17.7 Å². The second-order valence-corrected chi connectivity index (χ2v) is 4.32. The van der Waals surface area contributed by atoms with Crippen LogP contribution in [0.3, 0.4) is 0 Å². The SMILES string of the molecule is Cc1cc(C(=O)N2CC(=O)NC(=O)C2C)nn1C. The third kappa shape index (κ3) is 1.99. The number of imide groups is 1. The first-order valence-electron chi connectivity index (χ1n) is 5.55. The molecule has 1 N–H and O–H groups in total. The summed E-state index contributed by atoms with van der Waals surface area (Å²) in [5, 5.41) is 6.24. The molecule has 0 aromatic carbocycles. The van der Waals surface area contributed by atoms with Crippen LogP contribution in [0.15, 0.2) is 6.07 Å². The number of nitrogens with one attached hydrogen (secondary N) is 1. The summed E-state index contributed by atoms with van der Waals surface area (Å²) in [6.07, 6.45) is 0. The number of aromatic nitrogens is 2. The molecule has 0 aliphatic carbocycles. The van der Waals surface area contributed by atoms with Crippen LogP contribution in [-0.4, -0.2) is 45.0 Å². The van der Waals surface area contributed by atoms with Crippen molar-refractivity contribution in [3.05, 3.63) is 17.5 Å². The highest BCUT2D eigenvalue weighted by Crippen LogP contribution is 2.11. The molecule has 1 saturated heterocycles. The summed E-state index contributed by atoms with van der Waals surface area (Å²) >= 11 is 0. The Bertz CT molecular complexity index is 515. The van der Waals surface area contributed by atoms with Gasteiger partial charge in [-0.05, 0) is 19.9 Å². The van der Waals surface area contributed by atoms with Gasteiger partial charge in [0.15, 0.2) is 5.69 Å². The average Bonchev–Trinajstić information content (AvgIpc) is 2.63. The molecule has 0 saturated carbocycles. The van der Waals surface area contributed by atoms with E-state index in [2.05, 4.69) is 10.4 Å². The normalized spacial score (nSPS) is 19.9. The molecule has 1 aromatic heterocycles. The van der Waals surface area contributed by atoms with Gasteiger partial charge in [-0.1, -0.05) is 0 Å². The molecule has 0 bridgehead atoms. The Kier molecular flexibility index (Phi) is 2.90. The molecule has 18 heavy (non-hydrogen) atoms.